The van der Waals surface area contributed by atoms with Gasteiger partial charge in [-0.15, -0.1) is 0 Å². The molecule has 0 radical (unpaired) electrons. The smallest absolute Gasteiger partial charge is 0.134 e. The predicted octanol–water partition coefficient (Wildman–Crippen LogP) is 3.84. The summed E-state index contributed by atoms with van der Waals surface area (Å²) in [5.41, 5.74) is 3.18. The number of pyridine rings is 1. The number of halogens is 1. The molecule has 0 unspecified atom stereocenters. The van der Waals surface area contributed by atoms with Crippen molar-refractivity contribution >= 4 is 15.9 Å². The minimum absolute atomic E-state index is 0.474. The Morgan fingerprint density at radius 3 is 2.75 bits per heavy atom. The van der Waals surface area contributed by atoms with E-state index < -0.39 is 0 Å². The molecule has 3 nitrogen and oxygen atoms in total. The van der Waals surface area contributed by atoms with Crippen LogP contribution < -0.4 is 10.1 Å². The van der Waals surface area contributed by atoms with Crippen LogP contribution in [0, 0.1) is 6.92 Å². The standard InChI is InChI=1S/C16H19BrN2O/c1-3-18-10-13-5-4-6-14(19-13)11-20-16-8-7-12(2)9-15(16)17/h4-9,18H,3,10-11H2,1-2H3. The van der Waals surface area contributed by atoms with Crippen molar-refractivity contribution in [2.24, 2.45) is 0 Å². The quantitative estimate of drug-likeness (QED) is 0.871. The van der Waals surface area contributed by atoms with Gasteiger partial charge in [-0.3, -0.25) is 4.98 Å². The lowest BCUT2D eigenvalue weighted by molar-refractivity contribution is 0.299. The van der Waals surface area contributed by atoms with E-state index in [1.54, 1.807) is 0 Å². The van der Waals surface area contributed by atoms with E-state index in [4.69, 9.17) is 4.74 Å². The maximum atomic E-state index is 5.81. The molecule has 4 heteroatoms. The minimum Gasteiger partial charge on any atom is -0.486 e. The largest absolute Gasteiger partial charge is 0.486 e. The summed E-state index contributed by atoms with van der Waals surface area (Å²) in [6.45, 7) is 6.35. The monoisotopic (exact) mass is 334 g/mol. The highest BCUT2D eigenvalue weighted by Crippen LogP contribution is 2.26. The molecule has 0 saturated heterocycles. The number of benzene rings is 1. The van der Waals surface area contributed by atoms with Gasteiger partial charge < -0.3 is 10.1 Å². The number of hydrogen-bond acceptors (Lipinski definition) is 3. The Labute approximate surface area is 128 Å². The first kappa shape index (κ1) is 15.0. The molecular weight excluding hydrogens is 316 g/mol. The average Bonchev–Trinajstić information content (AvgIpc) is 2.45. The Hall–Kier alpha value is -1.39. The van der Waals surface area contributed by atoms with Gasteiger partial charge in [0.05, 0.1) is 15.9 Å². The highest BCUT2D eigenvalue weighted by atomic mass is 79.9. The lowest BCUT2D eigenvalue weighted by Crippen LogP contribution is -2.13. The lowest BCUT2D eigenvalue weighted by Gasteiger charge is -2.09. The van der Waals surface area contributed by atoms with E-state index in [0.29, 0.717) is 6.61 Å². The molecule has 1 aromatic carbocycles. The van der Waals surface area contributed by atoms with Gasteiger partial charge in [-0.05, 0) is 59.2 Å². The van der Waals surface area contributed by atoms with Crippen LogP contribution >= 0.6 is 15.9 Å². The topological polar surface area (TPSA) is 34.1 Å². The maximum absolute atomic E-state index is 5.81. The average molecular weight is 335 g/mol. The molecule has 0 fully saturated rings. The van der Waals surface area contributed by atoms with Gasteiger partial charge in [0.15, 0.2) is 0 Å². The first-order valence-corrected chi connectivity index (χ1v) is 7.53. The molecule has 0 spiro atoms. The predicted molar refractivity (Wildman–Crippen MR) is 84.8 cm³/mol. The Morgan fingerprint density at radius 2 is 2.00 bits per heavy atom. The Bertz CT molecular complexity index is 572. The Balaban J connectivity index is 1.99. The van der Waals surface area contributed by atoms with Crippen LogP contribution in [0.2, 0.25) is 0 Å². The molecule has 0 aliphatic heterocycles. The van der Waals surface area contributed by atoms with Crippen LogP contribution in [0.1, 0.15) is 23.9 Å². The molecule has 106 valence electrons. The van der Waals surface area contributed by atoms with Crippen molar-refractivity contribution in [1.29, 1.82) is 0 Å². The van der Waals surface area contributed by atoms with Gasteiger partial charge in [0.25, 0.3) is 0 Å². The van der Waals surface area contributed by atoms with Crippen LogP contribution in [0.3, 0.4) is 0 Å². The van der Waals surface area contributed by atoms with Crippen LogP contribution in [0.25, 0.3) is 0 Å². The molecule has 0 bridgehead atoms. The SMILES string of the molecule is CCNCc1cccc(COc2ccc(C)cc2Br)n1. The highest BCUT2D eigenvalue weighted by molar-refractivity contribution is 9.10. The molecule has 1 N–H and O–H groups in total. The number of ether oxygens (including phenoxy) is 1. The van der Waals surface area contributed by atoms with Gasteiger partial charge in [-0.25, -0.2) is 0 Å². The number of hydrogen-bond donors (Lipinski definition) is 1. The second kappa shape index (κ2) is 7.41. The second-order valence-electron chi connectivity index (χ2n) is 4.62. The lowest BCUT2D eigenvalue weighted by atomic mass is 10.2. The van der Waals surface area contributed by atoms with Gasteiger partial charge in [0.2, 0.25) is 0 Å². The van der Waals surface area contributed by atoms with E-state index in [-0.39, 0.29) is 0 Å². The van der Waals surface area contributed by atoms with Gasteiger partial charge in [0, 0.05) is 6.54 Å². The number of aromatic nitrogens is 1. The third kappa shape index (κ3) is 4.32. The molecule has 2 aromatic rings. The fourth-order valence-electron chi connectivity index (χ4n) is 1.84. The van der Waals surface area contributed by atoms with Crippen molar-refractivity contribution in [2.75, 3.05) is 6.54 Å². The number of aryl methyl sites for hydroxylation is 1. The van der Waals surface area contributed by atoms with Crippen molar-refractivity contribution in [3.63, 3.8) is 0 Å². The van der Waals surface area contributed by atoms with E-state index in [0.717, 1.165) is 34.7 Å². The molecule has 2 rings (SSSR count). The molecule has 20 heavy (non-hydrogen) atoms. The Morgan fingerprint density at radius 1 is 1.20 bits per heavy atom. The molecule has 0 saturated carbocycles. The van der Waals surface area contributed by atoms with Crippen LogP contribution in [0.15, 0.2) is 40.9 Å². The van der Waals surface area contributed by atoms with E-state index in [1.165, 1.54) is 5.56 Å². The highest BCUT2D eigenvalue weighted by Gasteiger charge is 2.03. The number of nitrogens with one attached hydrogen (secondary N) is 1. The summed E-state index contributed by atoms with van der Waals surface area (Å²) in [5.74, 6) is 0.842. The van der Waals surface area contributed by atoms with Crippen molar-refractivity contribution in [3.8, 4) is 5.75 Å². The third-order valence-electron chi connectivity index (χ3n) is 2.88. The summed E-state index contributed by atoms with van der Waals surface area (Å²) in [6.07, 6.45) is 0. The van der Waals surface area contributed by atoms with Crippen molar-refractivity contribution in [1.82, 2.24) is 10.3 Å². The summed E-state index contributed by atoms with van der Waals surface area (Å²) < 4.78 is 6.78. The fraction of sp³-hybridized carbons (Fsp3) is 0.312. The Kier molecular flexibility index (Phi) is 5.56. The summed E-state index contributed by atoms with van der Waals surface area (Å²) >= 11 is 3.51. The number of nitrogens with zero attached hydrogens (tertiary/aromatic N) is 1. The molecule has 0 amide bonds. The van der Waals surface area contributed by atoms with Crippen LogP contribution in [0.4, 0.5) is 0 Å². The zero-order valence-electron chi connectivity index (χ0n) is 11.8. The molecule has 0 aliphatic carbocycles. The van der Waals surface area contributed by atoms with Crippen molar-refractivity contribution in [2.45, 2.75) is 27.0 Å². The van der Waals surface area contributed by atoms with Crippen LogP contribution in [0.5, 0.6) is 5.75 Å². The molecule has 1 aromatic heterocycles. The second-order valence-corrected chi connectivity index (χ2v) is 5.48. The minimum atomic E-state index is 0.474. The molecule has 1 heterocycles. The van der Waals surface area contributed by atoms with Gasteiger partial charge in [0.1, 0.15) is 12.4 Å². The first-order valence-electron chi connectivity index (χ1n) is 6.73. The van der Waals surface area contributed by atoms with E-state index in [1.807, 2.05) is 36.4 Å². The van der Waals surface area contributed by atoms with Crippen molar-refractivity contribution in [3.05, 3.63) is 57.8 Å². The molecule has 0 aliphatic rings. The van der Waals surface area contributed by atoms with E-state index in [2.05, 4.69) is 40.1 Å². The van der Waals surface area contributed by atoms with E-state index in [9.17, 15) is 0 Å². The fourth-order valence-corrected chi connectivity index (χ4v) is 2.44. The first-order chi connectivity index (χ1) is 9.69. The summed E-state index contributed by atoms with van der Waals surface area (Å²) in [5, 5.41) is 3.27. The van der Waals surface area contributed by atoms with Gasteiger partial charge in [-0.2, -0.15) is 0 Å². The number of rotatable bonds is 6. The summed E-state index contributed by atoms with van der Waals surface area (Å²) in [4.78, 5) is 4.57. The normalized spacial score (nSPS) is 10.6. The van der Waals surface area contributed by atoms with Gasteiger partial charge in [-0.1, -0.05) is 19.1 Å². The van der Waals surface area contributed by atoms with E-state index >= 15 is 0 Å². The third-order valence-corrected chi connectivity index (χ3v) is 3.50. The van der Waals surface area contributed by atoms with Gasteiger partial charge >= 0.3 is 0 Å². The summed E-state index contributed by atoms with van der Waals surface area (Å²) in [7, 11) is 0. The van der Waals surface area contributed by atoms with Crippen LogP contribution in [-0.2, 0) is 13.2 Å². The van der Waals surface area contributed by atoms with Crippen LogP contribution in [-0.4, -0.2) is 11.5 Å². The van der Waals surface area contributed by atoms with Crippen molar-refractivity contribution < 1.29 is 4.74 Å². The molecular formula is C16H19BrN2O. The zero-order valence-corrected chi connectivity index (χ0v) is 13.4. The summed E-state index contributed by atoms with van der Waals surface area (Å²) in [6, 6.07) is 12.1. The maximum Gasteiger partial charge on any atom is 0.134 e. The zero-order chi connectivity index (χ0) is 14.4. The molecule has 0 atom stereocenters.